The molecule has 50 heteroatoms. The smallest absolute Gasteiger partial charge is 0.189 e. The van der Waals surface area contributed by atoms with Crippen molar-refractivity contribution >= 4 is 338 Å². The molecule has 20 atom stereocenters. The number of aromatic hydroxyl groups is 1. The number of aryl methyl sites for hydroxylation is 2. The van der Waals surface area contributed by atoms with E-state index in [4.69, 9.17) is 23.0 Å². The Balaban J connectivity index is 0.000000211. The Kier molecular flexibility index (Phi) is 43.7. The Labute approximate surface area is 656 Å². The average Bonchev–Trinajstić information content (AvgIpc) is 0.879. The standard InChI is InChI=1S/C25H19N5O.C24H17N5O.CH4.H40P38/c1-26-19-13-14-20-21(15-19)28-25(27-20)23-24(31-3)22(29-30(23)2)18-11-9-17(10-12-18)16-7-5-4-6-8-16;1-25-18-12-13-19-20(14-18)27-24(26-19)22-23(30)21(28-29(22)2)17-10-8-16(9-11-17)15-6-4-3-5-7-15;;1-21(2)31(22(3)4)36(32(23(5)6)24(7)8)38(35(29(17)18)30(19)20)37(33(25(9)10)26(11)12)34(27(13)14)28(15)16/h4-15H,2-3H3,(H,27,28);3-14,30H,2H3,(H,26,27);1H4;1-20H2. The summed E-state index contributed by atoms with van der Waals surface area (Å²) >= 11 is 0. The quantitative estimate of drug-likeness (QED) is 0.0408. The van der Waals surface area contributed by atoms with E-state index in [0.29, 0.717) is 40.2 Å². The Morgan fingerprint density at radius 1 is 0.380 bits per heavy atom. The van der Waals surface area contributed by atoms with Crippen molar-refractivity contribution in [1.82, 2.24) is 39.5 Å². The number of imidazole rings is 2. The van der Waals surface area contributed by atoms with E-state index in [1.165, 1.54) is 5.56 Å². The summed E-state index contributed by atoms with van der Waals surface area (Å²) in [5.74, 6) is 1.87. The van der Waals surface area contributed by atoms with Crippen LogP contribution in [-0.2, 0) is 14.1 Å². The van der Waals surface area contributed by atoms with Crippen LogP contribution in [0.4, 0.5) is 11.4 Å². The van der Waals surface area contributed by atoms with Crippen molar-refractivity contribution in [3.05, 3.63) is 168 Å². The lowest BCUT2D eigenvalue weighted by molar-refractivity contribution is 0.417. The summed E-state index contributed by atoms with van der Waals surface area (Å²) in [7, 11) is 72.7. The molecule has 10 aromatic rings. The molecule has 532 valence electrons. The first kappa shape index (κ1) is 94.7. The molecule has 0 bridgehead atoms. The van der Waals surface area contributed by atoms with Gasteiger partial charge in [-0.25, -0.2) is 19.7 Å². The van der Waals surface area contributed by atoms with Crippen LogP contribution in [0.15, 0.2) is 146 Å². The van der Waals surface area contributed by atoms with Gasteiger partial charge in [-0.1, -0.05) is 129 Å². The second kappa shape index (κ2) is 46.1. The maximum absolute atomic E-state index is 10.9. The van der Waals surface area contributed by atoms with Crippen molar-refractivity contribution < 1.29 is 9.84 Å². The summed E-state index contributed by atoms with van der Waals surface area (Å²) in [5, 5.41) is 20.2. The number of nitrogens with one attached hydrogen (secondary N) is 2. The second-order valence-electron chi connectivity index (χ2n) is 20.2. The molecule has 100 heavy (non-hydrogen) atoms. The van der Waals surface area contributed by atoms with Crippen LogP contribution >= 0.6 is 304 Å². The minimum Gasteiger partial charge on any atom is -0.504 e. The predicted molar refractivity (Wildman–Crippen MR) is 565 cm³/mol. The molecule has 6 aromatic carbocycles. The number of nitrogens with zero attached hydrogens (tertiary/aromatic N) is 8. The Bertz CT molecular complexity index is 4240. The van der Waals surface area contributed by atoms with Gasteiger partial charge in [0.05, 0.1) is 42.3 Å². The Hall–Kier alpha value is 7.60. The molecule has 4 aromatic heterocycles. The van der Waals surface area contributed by atoms with E-state index >= 15 is 0 Å². The SMILES string of the molecule is C.PP(P)P(P(P)P)P(P(P(P)P)P(P)P)P(P(P(P)P)P(P)P)P(P(P(P)P)P(P)P)P(P(P)P)P(P)P.[C-]#[N+]c1ccc2nc(-c3c(O)c(-c4ccc(-c5ccccc5)cc4)nn3C)[nH]c2c1.[C-]#[N+]c1ccc2nc(-c3c(OC)c(-c4ccc(-c5ccccc5)cc4)nn3C)[nH]c2c1. The van der Waals surface area contributed by atoms with Gasteiger partial charge in [0.25, 0.3) is 0 Å². The molecule has 0 aliphatic carbocycles. The molecule has 10 rings (SSSR count). The minimum absolute atomic E-state index is 0. The molecule has 0 fully saturated rings. The van der Waals surface area contributed by atoms with Crippen LogP contribution in [0.5, 0.6) is 11.5 Å². The van der Waals surface area contributed by atoms with Crippen LogP contribution < -0.4 is 4.74 Å². The molecule has 0 aliphatic heterocycles. The average molecular weight is 2030 g/mol. The molecule has 0 amide bonds. The maximum Gasteiger partial charge on any atom is 0.189 e. The lowest BCUT2D eigenvalue weighted by Crippen LogP contribution is -1.96. The van der Waals surface area contributed by atoms with Crippen LogP contribution in [0.2, 0.25) is 0 Å². The zero-order valence-corrected chi connectivity index (χ0v) is 92.1. The molecule has 0 saturated heterocycles. The number of H-pyrrole nitrogens is 2. The van der Waals surface area contributed by atoms with E-state index in [1.54, 1.807) is 53.9 Å². The number of ether oxygens (including phenoxy) is 1. The van der Waals surface area contributed by atoms with Gasteiger partial charge < -0.3 is 19.8 Å². The van der Waals surface area contributed by atoms with Gasteiger partial charge in [-0.15, -0.1) is 179 Å². The first-order valence-corrected chi connectivity index (χ1v) is 96.3. The van der Waals surface area contributed by atoms with Crippen LogP contribution in [-0.4, -0.2) is 51.7 Å². The van der Waals surface area contributed by atoms with Crippen LogP contribution in [0, 0.1) is 13.1 Å². The van der Waals surface area contributed by atoms with Gasteiger partial charge in [0.2, 0.25) is 0 Å². The molecule has 3 N–H and O–H groups in total. The van der Waals surface area contributed by atoms with Gasteiger partial charge >= 0.3 is 0 Å². The summed E-state index contributed by atoms with van der Waals surface area (Å²) in [5.41, 5.74) is 13.0. The molecule has 4 heterocycles. The van der Waals surface area contributed by atoms with E-state index in [1.807, 2.05) is 73.8 Å². The van der Waals surface area contributed by atoms with Crippen molar-refractivity contribution in [3.63, 3.8) is 0 Å². The zero-order valence-electron chi connectivity index (χ0n) is 52.9. The van der Waals surface area contributed by atoms with Crippen molar-refractivity contribution in [2.24, 2.45) is 14.1 Å². The number of aromatic nitrogens is 8. The Morgan fingerprint density at radius 2 is 0.660 bits per heavy atom. The number of hydrogen-bond donors (Lipinski definition) is 3. The molecular formula is C50H80N10O2P38. The fourth-order valence-electron chi connectivity index (χ4n) is 9.55. The first-order chi connectivity index (χ1) is 47.0. The van der Waals surface area contributed by atoms with Gasteiger partial charge in [-0.2, -0.15) is 10.2 Å². The number of benzene rings is 6. The van der Waals surface area contributed by atoms with Gasteiger partial charge in [0, 0.05) is 25.2 Å². The lowest BCUT2D eigenvalue weighted by Gasteiger charge is -2.55. The molecule has 12 nitrogen and oxygen atoms in total. The fraction of sp³-hybridized carbons (Fsp3) is 0.0800. The fourth-order valence-corrected chi connectivity index (χ4v) is 533. The lowest BCUT2D eigenvalue weighted by atomic mass is 10.0. The number of rotatable bonds is 24. The third-order valence-electron chi connectivity index (χ3n) is 13.6. The molecule has 0 spiro atoms. The summed E-state index contributed by atoms with van der Waals surface area (Å²) < 4.78 is 9.16. The first-order valence-electron chi connectivity index (χ1n) is 27.8. The van der Waals surface area contributed by atoms with Crippen LogP contribution in [0.1, 0.15) is 7.43 Å². The molecular weight excluding hydrogens is 1950 g/mol. The highest BCUT2D eigenvalue weighted by atomic mass is 33.5. The summed E-state index contributed by atoms with van der Waals surface area (Å²) in [6.45, 7) is 12.9. The zero-order chi connectivity index (χ0) is 72.4. The highest BCUT2D eigenvalue weighted by Crippen LogP contribution is 3.42. The van der Waals surface area contributed by atoms with Gasteiger partial charge in [0.15, 0.2) is 34.5 Å². The van der Waals surface area contributed by atoms with Crippen molar-refractivity contribution in [1.29, 1.82) is 0 Å². The maximum atomic E-state index is 10.9. The minimum atomic E-state index is -0.124. The van der Waals surface area contributed by atoms with Crippen LogP contribution in [0.3, 0.4) is 0 Å². The summed E-state index contributed by atoms with van der Waals surface area (Å²) in [4.78, 5) is 22.7. The highest BCUT2D eigenvalue weighted by Gasteiger charge is 2.55. The topological polar surface area (TPSA) is 131 Å². The highest BCUT2D eigenvalue weighted by molar-refractivity contribution is 9.48. The predicted octanol–water partition coefficient (Wildman–Crippen LogP) is 34.1. The van der Waals surface area contributed by atoms with Gasteiger partial charge in [-0.3, -0.25) is 9.36 Å². The summed E-state index contributed by atoms with van der Waals surface area (Å²) in [6, 6.07) is 47.3. The summed E-state index contributed by atoms with van der Waals surface area (Å²) in [6.07, 6.45) is 0. The number of fused-ring (bicyclic) bond motifs is 2. The van der Waals surface area contributed by atoms with E-state index in [0.717, 1.165) is 61.3 Å². The third kappa shape index (κ3) is 24.9. The third-order valence-corrected chi connectivity index (χ3v) is 268. The van der Waals surface area contributed by atoms with Crippen molar-refractivity contribution in [3.8, 4) is 79.3 Å². The largest absolute Gasteiger partial charge is 0.504 e. The Morgan fingerprint density at radius 3 is 0.980 bits per heavy atom. The normalized spacial score (nSPS) is 12.1. The van der Waals surface area contributed by atoms with Gasteiger partial charge in [-0.05, 0) is 172 Å². The molecule has 0 aliphatic rings. The van der Waals surface area contributed by atoms with Crippen molar-refractivity contribution in [2.75, 3.05) is 7.11 Å². The van der Waals surface area contributed by atoms with E-state index in [2.05, 4.69) is 262 Å². The molecule has 0 radical (unpaired) electrons. The number of hydrogen-bond acceptors (Lipinski definition) is 6. The van der Waals surface area contributed by atoms with E-state index < -0.39 is 0 Å². The van der Waals surface area contributed by atoms with E-state index in [-0.39, 0.29) is 139 Å². The molecule has 0 saturated carbocycles. The number of methoxy groups -OCH3 is 1. The van der Waals surface area contributed by atoms with Crippen molar-refractivity contribution in [2.45, 2.75) is 7.43 Å². The van der Waals surface area contributed by atoms with Crippen LogP contribution in [0.25, 0.3) is 99.6 Å². The molecule has 20 unspecified atom stereocenters. The van der Waals surface area contributed by atoms with E-state index in [9.17, 15) is 5.11 Å². The monoisotopic (exact) mass is 2030 g/mol. The second-order valence-corrected chi connectivity index (χ2v) is 175. The van der Waals surface area contributed by atoms with Gasteiger partial charge in [0.1, 0.15) is 22.8 Å². The number of aromatic amines is 2.